The topological polar surface area (TPSA) is 32.8 Å². The smallest absolute Gasteiger partial charge is 0.426 e. The number of hydrogen-bond acceptors (Lipinski definition) is 4. The van der Waals surface area contributed by atoms with Crippen LogP contribution in [-0.4, -0.2) is 71.8 Å². The van der Waals surface area contributed by atoms with E-state index in [1.54, 1.807) is 0 Å². The van der Waals surface area contributed by atoms with Gasteiger partial charge in [0.2, 0.25) is 0 Å². The molecule has 1 saturated heterocycles. The number of ether oxygens (including phenoxy) is 1. The quantitative estimate of drug-likeness (QED) is 0.491. The summed E-state index contributed by atoms with van der Waals surface area (Å²) in [5.41, 5.74) is 0.958. The van der Waals surface area contributed by atoms with E-state index in [2.05, 4.69) is 28.7 Å². The number of halogens is 6. The minimum Gasteiger partial charge on any atom is -0.426 e. The molecule has 0 spiro atoms. The van der Waals surface area contributed by atoms with Crippen molar-refractivity contribution in [1.82, 2.24) is 9.80 Å². The van der Waals surface area contributed by atoms with Crippen molar-refractivity contribution < 1.29 is 35.9 Å². The zero-order valence-corrected chi connectivity index (χ0v) is 18.8. The van der Waals surface area contributed by atoms with E-state index in [4.69, 9.17) is 0 Å². The Morgan fingerprint density at radius 3 is 2.28 bits per heavy atom. The van der Waals surface area contributed by atoms with Crippen molar-refractivity contribution >= 4 is 17.9 Å². The molecule has 3 aliphatic rings. The van der Waals surface area contributed by atoms with Crippen LogP contribution in [0.25, 0.3) is 0 Å². The second kappa shape index (κ2) is 8.96. The van der Waals surface area contributed by atoms with Crippen LogP contribution < -0.4 is 0 Å². The molecule has 1 aliphatic carbocycles. The Hall–Kier alpha value is -1.62. The number of piperidine rings is 1. The zero-order valence-electron chi connectivity index (χ0n) is 18.0. The third-order valence-corrected chi connectivity index (χ3v) is 7.97. The first kappa shape index (κ1) is 25.0. The second-order valence-electron chi connectivity index (χ2n) is 8.67. The Bertz CT molecular complexity index is 798. The number of nitrogens with zero attached hydrogens (tertiary/aromatic N) is 2. The number of allylic oxidation sites excluding steroid dienone is 4. The molecule has 1 fully saturated rings. The number of fused-ring (bicyclic) bond motifs is 1. The first-order valence-corrected chi connectivity index (χ1v) is 11.1. The Morgan fingerprint density at radius 1 is 1.19 bits per heavy atom. The number of hydrogen-bond donors (Lipinski definition) is 0. The molecule has 2 unspecified atom stereocenters. The van der Waals surface area contributed by atoms with Gasteiger partial charge < -0.3 is 9.64 Å². The number of carbonyl (C=O) groups excluding carboxylic acids is 1. The van der Waals surface area contributed by atoms with Crippen molar-refractivity contribution in [2.75, 3.05) is 26.7 Å². The Kier molecular flexibility index (Phi) is 7.01. The molecule has 180 valence electrons. The summed E-state index contributed by atoms with van der Waals surface area (Å²) >= 11 is 1.81. The summed E-state index contributed by atoms with van der Waals surface area (Å²) in [5.74, 6) is 0.369. The van der Waals surface area contributed by atoms with Gasteiger partial charge in [0.15, 0.2) is 0 Å². The van der Waals surface area contributed by atoms with Gasteiger partial charge in [-0.25, -0.2) is 4.79 Å². The lowest BCUT2D eigenvalue weighted by Gasteiger charge is -2.45. The third kappa shape index (κ3) is 5.30. The van der Waals surface area contributed by atoms with Crippen molar-refractivity contribution in [3.8, 4) is 0 Å². The monoisotopic (exact) mass is 484 g/mol. The summed E-state index contributed by atoms with van der Waals surface area (Å²) in [7, 11) is 1.95. The van der Waals surface area contributed by atoms with Crippen LogP contribution in [0.2, 0.25) is 0 Å². The van der Waals surface area contributed by atoms with Crippen molar-refractivity contribution in [2.45, 2.75) is 55.9 Å². The lowest BCUT2D eigenvalue weighted by Crippen LogP contribution is -2.55. The van der Waals surface area contributed by atoms with Crippen LogP contribution in [0.15, 0.2) is 34.8 Å². The van der Waals surface area contributed by atoms with Gasteiger partial charge in [-0.05, 0) is 38.6 Å². The van der Waals surface area contributed by atoms with E-state index in [0.717, 1.165) is 4.90 Å². The van der Waals surface area contributed by atoms with Gasteiger partial charge >= 0.3 is 18.4 Å². The molecule has 0 aromatic carbocycles. The van der Waals surface area contributed by atoms with Gasteiger partial charge in [0.25, 0.3) is 6.10 Å². The highest BCUT2D eigenvalue weighted by Crippen LogP contribution is 2.45. The lowest BCUT2D eigenvalue weighted by molar-refractivity contribution is -0.308. The molecule has 11 heteroatoms. The molecular weight excluding hydrogens is 458 g/mol. The maximum Gasteiger partial charge on any atom is 0.434 e. The number of likely N-dealkylation sites (N-methyl/N-ethyl adjacent to an activating group) is 1. The maximum atomic E-state index is 12.7. The van der Waals surface area contributed by atoms with Crippen molar-refractivity contribution in [2.24, 2.45) is 5.92 Å². The molecule has 4 nitrogen and oxygen atoms in total. The molecule has 3 rings (SSSR count). The summed E-state index contributed by atoms with van der Waals surface area (Å²) in [6.07, 6.45) is -7.91. The summed E-state index contributed by atoms with van der Waals surface area (Å²) in [6, 6.07) is 0. The van der Waals surface area contributed by atoms with Crippen LogP contribution >= 0.6 is 11.8 Å². The number of thioether (sulfide) groups is 1. The highest BCUT2D eigenvalue weighted by Gasteiger charge is 2.60. The molecule has 32 heavy (non-hydrogen) atoms. The van der Waals surface area contributed by atoms with E-state index in [1.165, 1.54) is 10.5 Å². The average molecular weight is 485 g/mol. The molecule has 0 aromatic rings. The molecule has 0 N–H and O–H groups in total. The first-order valence-electron chi connectivity index (χ1n) is 10.2. The Balaban J connectivity index is 1.58. The average Bonchev–Trinajstić information content (AvgIpc) is 3.00. The van der Waals surface area contributed by atoms with E-state index in [0.29, 0.717) is 30.6 Å². The molecule has 1 amide bonds. The predicted molar refractivity (Wildman–Crippen MR) is 110 cm³/mol. The van der Waals surface area contributed by atoms with E-state index in [1.807, 2.05) is 37.9 Å². The Morgan fingerprint density at radius 2 is 1.75 bits per heavy atom. The summed E-state index contributed by atoms with van der Waals surface area (Å²) in [5, 5.41) is 0.378. The van der Waals surface area contributed by atoms with Gasteiger partial charge in [0.05, 0.1) is 0 Å². The van der Waals surface area contributed by atoms with Crippen LogP contribution in [0.4, 0.5) is 31.1 Å². The molecule has 0 bridgehead atoms. The van der Waals surface area contributed by atoms with Crippen LogP contribution in [0.1, 0.15) is 26.7 Å². The number of likely N-dealkylation sites (tertiary alicyclic amines) is 1. The molecule has 0 radical (unpaired) electrons. The van der Waals surface area contributed by atoms with Gasteiger partial charge in [0.1, 0.15) is 0 Å². The fraction of sp³-hybridized carbons (Fsp3) is 0.667. The number of rotatable bonds is 4. The van der Waals surface area contributed by atoms with Gasteiger partial charge in [-0.2, -0.15) is 26.3 Å². The van der Waals surface area contributed by atoms with Gasteiger partial charge in [-0.1, -0.05) is 29.9 Å². The normalized spacial score (nSPS) is 25.7. The van der Waals surface area contributed by atoms with E-state index in [-0.39, 0.29) is 18.6 Å². The molecule has 0 aromatic heterocycles. The molecule has 0 saturated carbocycles. The minimum absolute atomic E-state index is 0.0179. The third-order valence-electron chi connectivity index (χ3n) is 6.52. The van der Waals surface area contributed by atoms with Crippen LogP contribution in [0.5, 0.6) is 0 Å². The second-order valence-corrected chi connectivity index (χ2v) is 9.94. The van der Waals surface area contributed by atoms with Gasteiger partial charge in [0, 0.05) is 36.3 Å². The number of alkyl halides is 6. The van der Waals surface area contributed by atoms with Gasteiger partial charge in [-0.3, -0.25) is 4.90 Å². The standard InChI is InChI=1S/C21H26F6N2O2S/c1-13-14-6-4-5-7-15(14)32-16(13)12-28(3)19(2)8-10-29(11-9-19)18(30)31-17(20(22,23)24)21(25,26)27/h4-7,14-15,17H,8-12H2,1-3H3. The summed E-state index contributed by atoms with van der Waals surface area (Å²) in [6.45, 7) is 4.83. The van der Waals surface area contributed by atoms with Crippen LogP contribution in [0.3, 0.4) is 0 Å². The number of carbonyl (C=O) groups is 1. The van der Waals surface area contributed by atoms with Crippen LogP contribution in [-0.2, 0) is 4.74 Å². The van der Waals surface area contributed by atoms with E-state index in [9.17, 15) is 31.1 Å². The molecular formula is C21H26F6N2O2S. The van der Waals surface area contributed by atoms with Gasteiger partial charge in [-0.15, -0.1) is 11.8 Å². The molecule has 2 heterocycles. The fourth-order valence-corrected chi connectivity index (χ4v) is 5.68. The predicted octanol–water partition coefficient (Wildman–Crippen LogP) is 5.53. The van der Waals surface area contributed by atoms with Crippen molar-refractivity contribution in [3.05, 3.63) is 34.8 Å². The van der Waals surface area contributed by atoms with E-state index < -0.39 is 24.5 Å². The highest BCUT2D eigenvalue weighted by molar-refractivity contribution is 8.04. The summed E-state index contributed by atoms with van der Waals surface area (Å²) < 4.78 is 79.8. The largest absolute Gasteiger partial charge is 0.434 e. The highest BCUT2D eigenvalue weighted by atomic mass is 32.2. The van der Waals surface area contributed by atoms with Crippen molar-refractivity contribution in [3.63, 3.8) is 0 Å². The van der Waals surface area contributed by atoms with Crippen molar-refractivity contribution in [1.29, 1.82) is 0 Å². The molecule has 2 atom stereocenters. The van der Waals surface area contributed by atoms with E-state index >= 15 is 0 Å². The molecule has 2 aliphatic heterocycles. The minimum atomic E-state index is -5.72. The Labute approximate surface area is 187 Å². The zero-order chi connectivity index (χ0) is 23.9. The SMILES string of the molecule is CC1=C(CN(C)C2(C)CCN(C(=O)OC(C(F)(F)F)C(F)(F)F)CC2)SC2C=CC=CC12. The first-order chi connectivity index (χ1) is 14.7. The van der Waals surface area contributed by atoms with Crippen LogP contribution in [0, 0.1) is 5.92 Å². The maximum absolute atomic E-state index is 12.7. The summed E-state index contributed by atoms with van der Waals surface area (Å²) in [4.78, 5) is 16.3. The fourth-order valence-electron chi connectivity index (χ4n) is 4.15. The lowest BCUT2D eigenvalue weighted by atomic mass is 9.87. The number of amides is 1.